The van der Waals surface area contributed by atoms with Gasteiger partial charge in [-0.2, -0.15) is 11.3 Å². The van der Waals surface area contributed by atoms with Gasteiger partial charge in [0, 0.05) is 6.54 Å². The molecule has 0 aliphatic rings. The Bertz CT molecular complexity index is 674. The molecule has 2 heterocycles. The van der Waals surface area contributed by atoms with Crippen LogP contribution in [0.15, 0.2) is 16.8 Å². The summed E-state index contributed by atoms with van der Waals surface area (Å²) in [5, 5.41) is 7.09. The van der Waals surface area contributed by atoms with Gasteiger partial charge in [-0.3, -0.25) is 4.79 Å². The lowest BCUT2D eigenvalue weighted by Gasteiger charge is -2.02. The summed E-state index contributed by atoms with van der Waals surface area (Å²) < 4.78 is 0. The van der Waals surface area contributed by atoms with Gasteiger partial charge in [-0.05, 0) is 47.4 Å². The summed E-state index contributed by atoms with van der Waals surface area (Å²) in [5.74, 6) is 5.76. The molecular weight excluding hydrogens is 288 g/mol. The van der Waals surface area contributed by atoms with Crippen LogP contribution in [0.25, 0.3) is 0 Å². The van der Waals surface area contributed by atoms with Gasteiger partial charge in [0.05, 0.1) is 16.3 Å². The van der Waals surface area contributed by atoms with Crippen LogP contribution in [0.5, 0.6) is 0 Å². The van der Waals surface area contributed by atoms with E-state index in [0.29, 0.717) is 18.0 Å². The maximum atomic E-state index is 12.1. The molecule has 1 amide bonds. The third kappa shape index (κ3) is 3.48. The molecule has 0 spiro atoms. The van der Waals surface area contributed by atoms with Gasteiger partial charge in [-0.1, -0.05) is 11.8 Å². The van der Waals surface area contributed by atoms with Crippen LogP contribution in [-0.4, -0.2) is 12.5 Å². The number of carbonyl (C=O) groups excluding carboxylic acids is 1. The van der Waals surface area contributed by atoms with Crippen LogP contribution in [0.1, 0.15) is 31.2 Å². The van der Waals surface area contributed by atoms with Crippen molar-refractivity contribution in [1.82, 2.24) is 5.32 Å². The van der Waals surface area contributed by atoms with E-state index < -0.39 is 0 Å². The Morgan fingerprint density at radius 1 is 1.35 bits per heavy atom. The molecule has 0 aromatic carbocycles. The lowest BCUT2D eigenvalue weighted by Crippen LogP contribution is -2.21. The van der Waals surface area contributed by atoms with Crippen LogP contribution in [-0.2, 0) is 6.54 Å². The first-order valence-electron chi connectivity index (χ1n) is 6.21. The third-order valence-corrected chi connectivity index (χ3v) is 4.91. The highest BCUT2D eigenvalue weighted by molar-refractivity contribution is 7.14. The number of rotatable bonds is 3. The quantitative estimate of drug-likeness (QED) is 0.857. The Morgan fingerprint density at radius 3 is 2.80 bits per heavy atom. The molecule has 5 heteroatoms. The average molecular weight is 304 g/mol. The van der Waals surface area contributed by atoms with E-state index in [1.54, 1.807) is 11.3 Å². The number of amides is 1. The Hall–Kier alpha value is -1.61. The highest BCUT2D eigenvalue weighted by atomic mass is 32.1. The lowest BCUT2D eigenvalue weighted by molar-refractivity contribution is 0.0955. The van der Waals surface area contributed by atoms with Crippen LogP contribution in [0.3, 0.4) is 0 Å². The molecule has 2 aromatic heterocycles. The molecule has 0 bridgehead atoms. The number of hydrogen-bond donors (Lipinski definition) is 2. The molecular formula is C15H16N2OS2. The molecule has 0 aliphatic carbocycles. The molecule has 0 saturated carbocycles. The zero-order valence-corrected chi connectivity index (χ0v) is 13.1. The fourth-order valence-electron chi connectivity index (χ4n) is 1.68. The molecule has 0 unspecified atom stereocenters. The SMILES string of the molecule is Cc1cscc1CNC(=O)c1cc(C)c(C#CCN)s1. The molecule has 0 radical (unpaired) electrons. The van der Waals surface area contributed by atoms with Crippen LogP contribution in [0.4, 0.5) is 0 Å². The standard InChI is InChI=1S/C15H16N2OS2/c1-10-6-14(20-13(10)4-3-5-16)15(18)17-7-12-9-19-8-11(12)2/h6,8-9H,5,7,16H2,1-2H3,(H,17,18). The van der Waals surface area contributed by atoms with Crippen molar-refractivity contribution in [3.8, 4) is 11.8 Å². The fraction of sp³-hybridized carbons (Fsp3) is 0.267. The van der Waals surface area contributed by atoms with Gasteiger partial charge in [0.2, 0.25) is 0 Å². The second kappa shape index (κ2) is 6.71. The number of aryl methyl sites for hydroxylation is 2. The van der Waals surface area contributed by atoms with E-state index in [0.717, 1.165) is 10.4 Å². The summed E-state index contributed by atoms with van der Waals surface area (Å²) in [4.78, 5) is 13.7. The van der Waals surface area contributed by atoms with Crippen molar-refractivity contribution in [3.05, 3.63) is 43.3 Å². The molecule has 2 rings (SSSR count). The summed E-state index contributed by atoms with van der Waals surface area (Å²) in [7, 11) is 0. The van der Waals surface area contributed by atoms with Crippen molar-refractivity contribution in [2.45, 2.75) is 20.4 Å². The Labute approximate surface area is 126 Å². The van der Waals surface area contributed by atoms with Crippen LogP contribution in [0, 0.1) is 25.7 Å². The van der Waals surface area contributed by atoms with Gasteiger partial charge < -0.3 is 11.1 Å². The number of carbonyl (C=O) groups is 1. The number of hydrogen-bond acceptors (Lipinski definition) is 4. The van der Waals surface area contributed by atoms with Gasteiger partial charge in [0.1, 0.15) is 0 Å². The zero-order chi connectivity index (χ0) is 14.5. The second-order valence-electron chi connectivity index (χ2n) is 4.39. The maximum absolute atomic E-state index is 12.1. The lowest BCUT2D eigenvalue weighted by atomic mass is 10.2. The van der Waals surface area contributed by atoms with Crippen molar-refractivity contribution >= 4 is 28.6 Å². The highest BCUT2D eigenvalue weighted by Gasteiger charge is 2.11. The fourth-order valence-corrected chi connectivity index (χ4v) is 3.50. The summed E-state index contributed by atoms with van der Waals surface area (Å²) in [6, 6.07) is 1.88. The zero-order valence-electron chi connectivity index (χ0n) is 11.4. The molecule has 0 fully saturated rings. The highest BCUT2D eigenvalue weighted by Crippen LogP contribution is 2.21. The molecule has 0 aliphatic heterocycles. The third-order valence-electron chi connectivity index (χ3n) is 2.85. The van der Waals surface area contributed by atoms with E-state index in [4.69, 9.17) is 5.73 Å². The van der Waals surface area contributed by atoms with Gasteiger partial charge >= 0.3 is 0 Å². The minimum absolute atomic E-state index is 0.0514. The predicted molar refractivity (Wildman–Crippen MR) is 85.2 cm³/mol. The van der Waals surface area contributed by atoms with E-state index in [9.17, 15) is 4.79 Å². The first-order chi connectivity index (χ1) is 9.61. The number of nitrogens with one attached hydrogen (secondary N) is 1. The summed E-state index contributed by atoms with van der Waals surface area (Å²) in [6.45, 7) is 4.90. The van der Waals surface area contributed by atoms with Crippen LogP contribution >= 0.6 is 22.7 Å². The molecule has 3 nitrogen and oxygen atoms in total. The van der Waals surface area contributed by atoms with Gasteiger partial charge in [0.25, 0.3) is 5.91 Å². The van der Waals surface area contributed by atoms with Crippen molar-refractivity contribution in [2.75, 3.05) is 6.54 Å². The van der Waals surface area contributed by atoms with E-state index in [2.05, 4.69) is 27.9 Å². The molecule has 0 atom stereocenters. The van der Waals surface area contributed by atoms with E-state index in [1.165, 1.54) is 22.5 Å². The minimum Gasteiger partial charge on any atom is -0.347 e. The minimum atomic E-state index is -0.0514. The second-order valence-corrected chi connectivity index (χ2v) is 6.19. The Balaban J connectivity index is 2.04. The van der Waals surface area contributed by atoms with Gasteiger partial charge in [-0.25, -0.2) is 0 Å². The topological polar surface area (TPSA) is 55.1 Å². The Morgan fingerprint density at radius 2 is 2.15 bits per heavy atom. The molecule has 0 saturated heterocycles. The van der Waals surface area contributed by atoms with Gasteiger partial charge in [-0.15, -0.1) is 11.3 Å². The van der Waals surface area contributed by atoms with Gasteiger partial charge in [0.15, 0.2) is 0 Å². The largest absolute Gasteiger partial charge is 0.347 e. The smallest absolute Gasteiger partial charge is 0.261 e. The van der Waals surface area contributed by atoms with E-state index in [-0.39, 0.29) is 5.91 Å². The first kappa shape index (κ1) is 14.8. The van der Waals surface area contributed by atoms with Crippen LogP contribution < -0.4 is 11.1 Å². The number of thiophene rings is 2. The predicted octanol–water partition coefficient (Wildman–Crippen LogP) is 2.67. The van der Waals surface area contributed by atoms with Crippen LogP contribution in [0.2, 0.25) is 0 Å². The normalized spacial score (nSPS) is 9.95. The molecule has 2 aromatic rings. The monoisotopic (exact) mass is 304 g/mol. The first-order valence-corrected chi connectivity index (χ1v) is 7.97. The van der Waals surface area contributed by atoms with E-state index >= 15 is 0 Å². The summed E-state index contributed by atoms with van der Waals surface area (Å²) in [5.41, 5.74) is 8.76. The Kier molecular flexibility index (Phi) is 4.96. The average Bonchev–Trinajstić information content (AvgIpc) is 3.00. The van der Waals surface area contributed by atoms with Crippen molar-refractivity contribution < 1.29 is 4.79 Å². The molecule has 3 N–H and O–H groups in total. The maximum Gasteiger partial charge on any atom is 0.261 e. The van der Waals surface area contributed by atoms with Crippen molar-refractivity contribution in [2.24, 2.45) is 5.73 Å². The number of nitrogens with two attached hydrogens (primary N) is 1. The summed E-state index contributed by atoms with van der Waals surface area (Å²) in [6.07, 6.45) is 0. The molecule has 20 heavy (non-hydrogen) atoms. The van der Waals surface area contributed by atoms with E-state index in [1.807, 2.05) is 19.9 Å². The molecule has 104 valence electrons. The van der Waals surface area contributed by atoms with Crippen molar-refractivity contribution in [3.63, 3.8) is 0 Å². The summed E-state index contributed by atoms with van der Waals surface area (Å²) >= 11 is 3.06. The van der Waals surface area contributed by atoms with Crippen molar-refractivity contribution in [1.29, 1.82) is 0 Å².